The molecule has 1 fully saturated rings. The van der Waals surface area contributed by atoms with Gasteiger partial charge in [-0.3, -0.25) is 0 Å². The zero-order chi connectivity index (χ0) is 12.8. The minimum absolute atomic E-state index is 0.0779. The third kappa shape index (κ3) is 4.06. The van der Waals surface area contributed by atoms with Crippen LogP contribution >= 0.6 is 11.3 Å². The van der Waals surface area contributed by atoms with Crippen molar-refractivity contribution in [3.05, 3.63) is 21.9 Å². The summed E-state index contributed by atoms with van der Waals surface area (Å²) in [5.74, 6) is 5.89. The number of amides is 2. The van der Waals surface area contributed by atoms with E-state index in [1.165, 1.54) is 0 Å². The Morgan fingerprint density at radius 3 is 3.11 bits per heavy atom. The second-order valence-electron chi connectivity index (χ2n) is 4.13. The number of thiophene rings is 1. The first kappa shape index (κ1) is 12.9. The normalized spacial score (nSPS) is 13.6. The average Bonchev–Trinajstić information content (AvgIpc) is 3.05. The van der Waals surface area contributed by atoms with Crippen molar-refractivity contribution in [3.63, 3.8) is 0 Å². The third-order valence-corrected chi connectivity index (χ3v) is 3.45. The summed E-state index contributed by atoms with van der Waals surface area (Å²) in [6, 6.07) is 2.20. The van der Waals surface area contributed by atoms with Crippen LogP contribution in [0.5, 0.6) is 0 Å². The van der Waals surface area contributed by atoms with Crippen LogP contribution in [0.4, 0.5) is 4.79 Å². The summed E-state index contributed by atoms with van der Waals surface area (Å²) in [5.41, 5.74) is 0.931. The molecule has 0 aliphatic heterocycles. The van der Waals surface area contributed by atoms with Crippen molar-refractivity contribution in [1.29, 1.82) is 0 Å². The molecule has 0 saturated heterocycles. The zero-order valence-electron chi connectivity index (χ0n) is 10.0. The molecular weight excluding hydrogens is 248 g/mol. The Hall–Kier alpha value is -1.51. The highest BCUT2D eigenvalue weighted by Crippen LogP contribution is 2.18. The molecule has 0 radical (unpaired) electrons. The van der Waals surface area contributed by atoms with Gasteiger partial charge >= 0.3 is 6.03 Å². The quantitative estimate of drug-likeness (QED) is 0.721. The summed E-state index contributed by atoms with van der Waals surface area (Å²) in [5, 5.41) is 16.3. The molecule has 96 valence electrons. The lowest BCUT2D eigenvalue weighted by Gasteiger charge is -2.05. The molecule has 0 unspecified atom stereocenters. The van der Waals surface area contributed by atoms with E-state index in [9.17, 15) is 4.79 Å². The van der Waals surface area contributed by atoms with Gasteiger partial charge in [0.1, 0.15) is 0 Å². The summed E-state index contributed by atoms with van der Waals surface area (Å²) in [4.78, 5) is 12.5. The van der Waals surface area contributed by atoms with E-state index < -0.39 is 0 Å². The van der Waals surface area contributed by atoms with Crippen molar-refractivity contribution in [2.24, 2.45) is 0 Å². The van der Waals surface area contributed by atoms with Crippen LogP contribution in [0.3, 0.4) is 0 Å². The number of hydrogen-bond donors (Lipinski definition) is 3. The largest absolute Gasteiger partial charge is 0.395 e. The van der Waals surface area contributed by atoms with E-state index in [4.69, 9.17) is 5.11 Å². The van der Waals surface area contributed by atoms with Gasteiger partial charge in [-0.05, 0) is 24.3 Å². The van der Waals surface area contributed by atoms with Crippen LogP contribution in [-0.2, 0) is 6.54 Å². The Labute approximate surface area is 110 Å². The van der Waals surface area contributed by atoms with Gasteiger partial charge in [0.15, 0.2) is 0 Å². The van der Waals surface area contributed by atoms with Gasteiger partial charge in [0.05, 0.1) is 13.2 Å². The maximum atomic E-state index is 11.5. The first-order valence-corrected chi connectivity index (χ1v) is 6.88. The molecule has 0 aromatic carbocycles. The van der Waals surface area contributed by atoms with Crippen molar-refractivity contribution in [2.45, 2.75) is 31.8 Å². The van der Waals surface area contributed by atoms with Crippen molar-refractivity contribution < 1.29 is 9.90 Å². The van der Waals surface area contributed by atoms with Crippen LogP contribution in [0, 0.1) is 11.8 Å². The summed E-state index contributed by atoms with van der Waals surface area (Å²) >= 11 is 1.58. The van der Waals surface area contributed by atoms with Gasteiger partial charge in [0.25, 0.3) is 0 Å². The number of urea groups is 1. The summed E-state index contributed by atoms with van der Waals surface area (Å²) in [7, 11) is 0. The average molecular weight is 264 g/mol. The Morgan fingerprint density at radius 1 is 1.56 bits per heavy atom. The molecule has 0 atom stereocenters. The van der Waals surface area contributed by atoms with Gasteiger partial charge in [0, 0.05) is 22.9 Å². The molecule has 1 heterocycles. The number of aliphatic hydroxyl groups is 1. The second-order valence-corrected chi connectivity index (χ2v) is 5.13. The van der Waals surface area contributed by atoms with Crippen molar-refractivity contribution >= 4 is 17.4 Å². The van der Waals surface area contributed by atoms with Gasteiger partial charge in [-0.15, -0.1) is 11.3 Å². The van der Waals surface area contributed by atoms with Crippen LogP contribution in [0.15, 0.2) is 11.4 Å². The van der Waals surface area contributed by atoms with Crippen LogP contribution < -0.4 is 10.6 Å². The van der Waals surface area contributed by atoms with Crippen LogP contribution in [0.25, 0.3) is 0 Å². The second kappa shape index (κ2) is 6.43. The van der Waals surface area contributed by atoms with Gasteiger partial charge in [-0.1, -0.05) is 11.8 Å². The van der Waals surface area contributed by atoms with E-state index in [0.29, 0.717) is 19.0 Å². The molecule has 1 aromatic heterocycles. The maximum Gasteiger partial charge on any atom is 0.315 e. The number of aliphatic hydroxyl groups excluding tert-OH is 1. The van der Waals surface area contributed by atoms with E-state index >= 15 is 0 Å². The van der Waals surface area contributed by atoms with E-state index in [2.05, 4.69) is 22.5 Å². The maximum absolute atomic E-state index is 11.5. The molecular formula is C13H16N2O2S. The lowest BCUT2D eigenvalue weighted by Crippen LogP contribution is -2.36. The van der Waals surface area contributed by atoms with E-state index in [1.807, 2.05) is 11.4 Å². The monoisotopic (exact) mass is 264 g/mol. The first-order chi connectivity index (χ1) is 8.79. The van der Waals surface area contributed by atoms with E-state index in [-0.39, 0.29) is 12.6 Å². The van der Waals surface area contributed by atoms with Crippen molar-refractivity contribution in [1.82, 2.24) is 10.6 Å². The molecule has 3 N–H and O–H groups in total. The highest BCUT2D eigenvalue weighted by molar-refractivity contribution is 7.10. The fourth-order valence-corrected chi connectivity index (χ4v) is 2.20. The highest BCUT2D eigenvalue weighted by Gasteiger charge is 2.22. The van der Waals surface area contributed by atoms with Gasteiger partial charge in [-0.25, -0.2) is 4.79 Å². The van der Waals surface area contributed by atoms with E-state index in [1.54, 1.807) is 11.3 Å². The Morgan fingerprint density at radius 2 is 2.39 bits per heavy atom. The lowest BCUT2D eigenvalue weighted by molar-refractivity contribution is 0.240. The van der Waals surface area contributed by atoms with Gasteiger partial charge in [-0.2, -0.15) is 0 Å². The Balaban J connectivity index is 1.83. The topological polar surface area (TPSA) is 61.4 Å². The van der Waals surface area contributed by atoms with Crippen LogP contribution in [0.1, 0.15) is 29.7 Å². The minimum atomic E-state index is -0.111. The molecule has 4 nitrogen and oxygen atoms in total. The van der Waals surface area contributed by atoms with Crippen molar-refractivity contribution in [2.75, 3.05) is 6.61 Å². The molecule has 5 heteroatoms. The molecule has 1 aliphatic carbocycles. The fraction of sp³-hybridized carbons (Fsp3) is 0.462. The number of carbonyl (C=O) groups excluding carboxylic acids is 1. The summed E-state index contributed by atoms with van der Waals surface area (Å²) in [6.07, 6.45) is 2.65. The Bertz CT molecular complexity index is 469. The summed E-state index contributed by atoms with van der Waals surface area (Å²) in [6.45, 7) is 0.577. The molecule has 18 heavy (non-hydrogen) atoms. The molecule has 1 saturated carbocycles. The standard InChI is InChI=1S/C13H16N2O2S/c16-7-2-1-3-10-6-8-18-12(10)9-14-13(17)15-11-4-5-11/h6,8,11,16H,2,4-5,7,9H2,(H2,14,15,17). The molecule has 1 aromatic rings. The predicted molar refractivity (Wildman–Crippen MR) is 71.3 cm³/mol. The number of hydrogen-bond acceptors (Lipinski definition) is 3. The van der Waals surface area contributed by atoms with Crippen LogP contribution in [-0.4, -0.2) is 23.8 Å². The smallest absolute Gasteiger partial charge is 0.315 e. The van der Waals surface area contributed by atoms with Crippen molar-refractivity contribution in [3.8, 4) is 11.8 Å². The molecule has 0 spiro atoms. The number of nitrogens with one attached hydrogen (secondary N) is 2. The fourth-order valence-electron chi connectivity index (χ4n) is 1.43. The highest BCUT2D eigenvalue weighted by atomic mass is 32.1. The lowest BCUT2D eigenvalue weighted by atomic mass is 10.2. The number of carbonyl (C=O) groups is 1. The first-order valence-electron chi connectivity index (χ1n) is 6.00. The number of rotatable bonds is 4. The van der Waals surface area contributed by atoms with E-state index in [0.717, 1.165) is 23.3 Å². The predicted octanol–water partition coefficient (Wildman–Crippen LogP) is 1.44. The zero-order valence-corrected chi connectivity index (χ0v) is 10.8. The minimum Gasteiger partial charge on any atom is -0.395 e. The van der Waals surface area contributed by atoms with Crippen LogP contribution in [0.2, 0.25) is 0 Å². The van der Waals surface area contributed by atoms with Gasteiger partial charge in [0.2, 0.25) is 0 Å². The molecule has 2 amide bonds. The molecule has 2 rings (SSSR count). The SMILES string of the molecule is O=C(NCc1sccc1C#CCCO)NC1CC1. The van der Waals surface area contributed by atoms with Gasteiger partial charge < -0.3 is 15.7 Å². The Kier molecular flexibility index (Phi) is 4.62. The molecule has 0 bridgehead atoms. The molecule has 1 aliphatic rings. The third-order valence-electron chi connectivity index (χ3n) is 2.53. The summed E-state index contributed by atoms with van der Waals surface area (Å²) < 4.78 is 0.